The van der Waals surface area contributed by atoms with Gasteiger partial charge in [-0.1, -0.05) is 22.0 Å². The molecule has 0 bridgehead atoms. The van der Waals surface area contributed by atoms with Gasteiger partial charge in [-0.05, 0) is 25.2 Å². The number of nitrogens with one attached hydrogen (secondary N) is 1. The van der Waals surface area contributed by atoms with Crippen molar-refractivity contribution in [1.82, 2.24) is 10.2 Å². The van der Waals surface area contributed by atoms with Gasteiger partial charge in [0.15, 0.2) is 0 Å². The molecule has 0 unspecified atom stereocenters. The van der Waals surface area contributed by atoms with Crippen LogP contribution in [0.15, 0.2) is 35.3 Å². The van der Waals surface area contributed by atoms with E-state index in [1.807, 2.05) is 0 Å². The van der Waals surface area contributed by atoms with Crippen LogP contribution in [0.2, 0.25) is 0 Å². The number of nitrogens with zero attached hydrogens (tertiary/aromatic N) is 1. The van der Waals surface area contributed by atoms with Crippen molar-refractivity contribution in [3.63, 3.8) is 0 Å². The smallest absolute Gasteiger partial charge is 0.224 e. The fourth-order valence-electron chi connectivity index (χ4n) is 1.67. The highest BCUT2D eigenvalue weighted by Gasteiger charge is 2.14. The van der Waals surface area contributed by atoms with Crippen molar-refractivity contribution in [2.45, 2.75) is 13.0 Å². The number of rotatable bonds is 7. The Morgan fingerprint density at radius 1 is 1.58 bits per heavy atom. The van der Waals surface area contributed by atoms with Crippen LogP contribution in [0.25, 0.3) is 0 Å². The van der Waals surface area contributed by atoms with Gasteiger partial charge in [0.2, 0.25) is 5.91 Å². The molecule has 0 saturated heterocycles. The summed E-state index contributed by atoms with van der Waals surface area (Å²) < 4.78 is 14.5. The molecule has 1 rings (SSSR count). The molecule has 0 fully saturated rings. The van der Waals surface area contributed by atoms with Gasteiger partial charge in [0.05, 0.1) is 0 Å². The molecule has 0 saturated carbocycles. The Bertz CT molecular complexity index is 451. The number of benzene rings is 1. The van der Waals surface area contributed by atoms with Crippen molar-refractivity contribution in [3.05, 3.63) is 46.7 Å². The highest BCUT2D eigenvalue weighted by molar-refractivity contribution is 9.10. The zero-order valence-electron chi connectivity index (χ0n) is 11.0. The quantitative estimate of drug-likeness (QED) is 0.780. The van der Waals surface area contributed by atoms with Gasteiger partial charge in [-0.2, -0.15) is 0 Å². The fourth-order valence-corrected chi connectivity index (χ4v) is 2.08. The van der Waals surface area contributed by atoms with Gasteiger partial charge >= 0.3 is 0 Å². The molecule has 19 heavy (non-hydrogen) atoms. The van der Waals surface area contributed by atoms with Crippen molar-refractivity contribution in [3.8, 4) is 0 Å². The Morgan fingerprint density at radius 2 is 2.32 bits per heavy atom. The highest BCUT2D eigenvalue weighted by atomic mass is 79.9. The predicted octanol–water partition coefficient (Wildman–Crippen LogP) is 2.71. The first-order chi connectivity index (χ1) is 9.08. The monoisotopic (exact) mass is 328 g/mol. The van der Waals surface area contributed by atoms with Crippen molar-refractivity contribution < 1.29 is 9.18 Å². The summed E-state index contributed by atoms with van der Waals surface area (Å²) in [5, 5.41) is 2.93. The molecule has 0 radical (unpaired) electrons. The summed E-state index contributed by atoms with van der Waals surface area (Å²) in [7, 11) is 1.79. The molecule has 0 aliphatic carbocycles. The molecule has 104 valence electrons. The van der Waals surface area contributed by atoms with E-state index in [2.05, 4.69) is 27.8 Å². The summed E-state index contributed by atoms with van der Waals surface area (Å²) in [5.41, 5.74) is 0.494. The van der Waals surface area contributed by atoms with Gasteiger partial charge in [-0.15, -0.1) is 6.58 Å². The second-order valence-corrected chi connectivity index (χ2v) is 5.07. The van der Waals surface area contributed by atoms with Crippen LogP contribution in [0.4, 0.5) is 4.39 Å². The molecule has 1 amide bonds. The van der Waals surface area contributed by atoms with Crippen LogP contribution in [0, 0.1) is 5.82 Å². The summed E-state index contributed by atoms with van der Waals surface area (Å²) in [6.45, 7) is 4.90. The van der Waals surface area contributed by atoms with Crippen LogP contribution < -0.4 is 5.32 Å². The number of carbonyl (C=O) groups excluding carboxylic acids is 1. The third kappa shape index (κ3) is 5.12. The van der Waals surface area contributed by atoms with E-state index in [9.17, 15) is 9.18 Å². The summed E-state index contributed by atoms with van der Waals surface area (Å²) in [4.78, 5) is 13.6. The predicted molar refractivity (Wildman–Crippen MR) is 78.3 cm³/mol. The Kier molecular flexibility index (Phi) is 6.73. The van der Waals surface area contributed by atoms with Crippen LogP contribution in [0.1, 0.15) is 12.0 Å². The Morgan fingerprint density at radius 3 is 2.95 bits per heavy atom. The normalized spacial score (nSPS) is 10.3. The SMILES string of the molecule is C=CCN(Cc1cc(Br)ccc1F)C(=O)CCNC. The molecule has 0 aromatic heterocycles. The van der Waals surface area contributed by atoms with E-state index in [1.165, 1.54) is 6.07 Å². The lowest BCUT2D eigenvalue weighted by atomic mass is 10.2. The van der Waals surface area contributed by atoms with E-state index in [0.29, 0.717) is 25.1 Å². The lowest BCUT2D eigenvalue weighted by Crippen LogP contribution is -2.32. The zero-order chi connectivity index (χ0) is 14.3. The molecular weight excluding hydrogens is 311 g/mol. The number of halogens is 2. The standard InChI is InChI=1S/C14H18BrFN2O/c1-3-8-18(14(19)6-7-17-2)10-11-9-12(15)4-5-13(11)16/h3-5,9,17H,1,6-8,10H2,2H3. The summed E-state index contributed by atoms with van der Waals surface area (Å²) in [6, 6.07) is 4.72. The number of amides is 1. The number of hydrogen-bond acceptors (Lipinski definition) is 2. The van der Waals surface area contributed by atoms with Crippen molar-refractivity contribution in [2.24, 2.45) is 0 Å². The number of carbonyl (C=O) groups is 1. The minimum absolute atomic E-state index is 0.0198. The van der Waals surface area contributed by atoms with Crippen LogP contribution in [0.5, 0.6) is 0 Å². The second kappa shape index (κ2) is 8.07. The first kappa shape index (κ1) is 15.9. The molecule has 0 spiro atoms. The maximum atomic E-state index is 13.7. The average molecular weight is 329 g/mol. The molecule has 0 atom stereocenters. The highest BCUT2D eigenvalue weighted by Crippen LogP contribution is 2.17. The van der Waals surface area contributed by atoms with Crippen LogP contribution in [-0.2, 0) is 11.3 Å². The van der Waals surface area contributed by atoms with Gasteiger partial charge < -0.3 is 10.2 Å². The van der Waals surface area contributed by atoms with E-state index in [1.54, 1.807) is 30.2 Å². The first-order valence-electron chi connectivity index (χ1n) is 6.05. The average Bonchev–Trinajstić information content (AvgIpc) is 2.39. The molecule has 0 aliphatic rings. The van der Waals surface area contributed by atoms with Gasteiger partial charge in [-0.25, -0.2) is 4.39 Å². The topological polar surface area (TPSA) is 32.3 Å². The van der Waals surface area contributed by atoms with E-state index in [4.69, 9.17) is 0 Å². The molecule has 0 heterocycles. The van der Waals surface area contributed by atoms with Crippen molar-refractivity contribution in [2.75, 3.05) is 20.1 Å². The maximum absolute atomic E-state index is 13.7. The molecular formula is C14H18BrFN2O. The minimum atomic E-state index is -0.307. The Balaban J connectivity index is 2.79. The number of hydrogen-bond donors (Lipinski definition) is 1. The zero-order valence-corrected chi connectivity index (χ0v) is 12.5. The van der Waals surface area contributed by atoms with Crippen LogP contribution >= 0.6 is 15.9 Å². The van der Waals surface area contributed by atoms with Crippen LogP contribution in [-0.4, -0.2) is 30.9 Å². The van der Waals surface area contributed by atoms with E-state index >= 15 is 0 Å². The van der Waals surface area contributed by atoms with E-state index in [-0.39, 0.29) is 18.3 Å². The summed E-state index contributed by atoms with van der Waals surface area (Å²) in [5.74, 6) is -0.327. The Hall–Kier alpha value is -1.20. The Labute approximate surface area is 121 Å². The van der Waals surface area contributed by atoms with Gasteiger partial charge in [0.25, 0.3) is 0 Å². The molecule has 5 heteroatoms. The van der Waals surface area contributed by atoms with Gasteiger partial charge in [0, 0.05) is 36.1 Å². The molecule has 1 aromatic rings. The molecule has 3 nitrogen and oxygen atoms in total. The van der Waals surface area contributed by atoms with Gasteiger partial charge in [0.1, 0.15) is 5.82 Å². The van der Waals surface area contributed by atoms with E-state index < -0.39 is 0 Å². The molecule has 0 aliphatic heterocycles. The molecule has 1 N–H and O–H groups in total. The lowest BCUT2D eigenvalue weighted by Gasteiger charge is -2.21. The lowest BCUT2D eigenvalue weighted by molar-refractivity contribution is -0.131. The molecule has 1 aromatic carbocycles. The third-order valence-electron chi connectivity index (χ3n) is 2.66. The first-order valence-corrected chi connectivity index (χ1v) is 6.85. The van der Waals surface area contributed by atoms with Crippen LogP contribution in [0.3, 0.4) is 0 Å². The summed E-state index contributed by atoms with van der Waals surface area (Å²) >= 11 is 3.30. The minimum Gasteiger partial charge on any atom is -0.335 e. The second-order valence-electron chi connectivity index (χ2n) is 4.15. The fraction of sp³-hybridized carbons (Fsp3) is 0.357. The maximum Gasteiger partial charge on any atom is 0.224 e. The summed E-state index contributed by atoms with van der Waals surface area (Å²) in [6.07, 6.45) is 2.03. The van der Waals surface area contributed by atoms with Gasteiger partial charge in [-0.3, -0.25) is 4.79 Å². The van der Waals surface area contributed by atoms with Crippen molar-refractivity contribution in [1.29, 1.82) is 0 Å². The van der Waals surface area contributed by atoms with Crippen molar-refractivity contribution >= 4 is 21.8 Å². The largest absolute Gasteiger partial charge is 0.335 e. The van der Waals surface area contributed by atoms with E-state index in [0.717, 1.165) is 4.47 Å². The third-order valence-corrected chi connectivity index (χ3v) is 3.15.